The van der Waals surface area contributed by atoms with Gasteiger partial charge in [-0.15, -0.1) is 0 Å². The van der Waals surface area contributed by atoms with E-state index in [4.69, 9.17) is 4.74 Å². The first-order chi connectivity index (χ1) is 13.6. The summed E-state index contributed by atoms with van der Waals surface area (Å²) in [6, 6.07) is 14.9. The molecule has 0 spiro atoms. The Kier molecular flexibility index (Phi) is 7.06. The van der Waals surface area contributed by atoms with Crippen molar-refractivity contribution in [1.29, 1.82) is 0 Å². The monoisotopic (exact) mass is 380 g/mol. The lowest BCUT2D eigenvalue weighted by molar-refractivity contribution is -0.120. The summed E-state index contributed by atoms with van der Waals surface area (Å²) in [6.45, 7) is 2.81. The largest absolute Gasteiger partial charge is 0.492 e. The van der Waals surface area contributed by atoms with Crippen molar-refractivity contribution < 1.29 is 14.3 Å². The predicted octanol–water partition coefficient (Wildman–Crippen LogP) is 4.32. The van der Waals surface area contributed by atoms with Gasteiger partial charge in [0.15, 0.2) is 0 Å². The molecule has 0 aromatic heterocycles. The number of carbonyl (C=O) groups excluding carboxylic acids is 2. The second-order valence-corrected chi connectivity index (χ2v) is 7.33. The summed E-state index contributed by atoms with van der Waals surface area (Å²) in [7, 11) is 0. The molecule has 28 heavy (non-hydrogen) atoms. The second kappa shape index (κ2) is 9.93. The first-order valence-electron chi connectivity index (χ1n) is 10.0. The van der Waals surface area contributed by atoms with Crippen molar-refractivity contribution in [3.05, 3.63) is 59.7 Å². The van der Waals surface area contributed by atoms with Crippen LogP contribution < -0.4 is 15.4 Å². The van der Waals surface area contributed by atoms with E-state index < -0.39 is 0 Å². The highest BCUT2D eigenvalue weighted by Gasteiger charge is 2.21. The van der Waals surface area contributed by atoms with Gasteiger partial charge in [-0.25, -0.2) is 0 Å². The lowest BCUT2D eigenvalue weighted by Gasteiger charge is -2.20. The van der Waals surface area contributed by atoms with Crippen LogP contribution in [-0.2, 0) is 4.79 Å². The van der Waals surface area contributed by atoms with Crippen LogP contribution in [0, 0.1) is 12.8 Å². The van der Waals surface area contributed by atoms with E-state index >= 15 is 0 Å². The van der Waals surface area contributed by atoms with Crippen LogP contribution in [0.1, 0.15) is 48.0 Å². The molecule has 1 aliphatic rings. The van der Waals surface area contributed by atoms with Gasteiger partial charge in [0.25, 0.3) is 5.91 Å². The van der Waals surface area contributed by atoms with Crippen molar-refractivity contribution in [2.24, 2.45) is 5.92 Å². The maximum absolute atomic E-state index is 12.4. The quantitative estimate of drug-likeness (QED) is 0.703. The number of rotatable bonds is 7. The minimum Gasteiger partial charge on any atom is -0.492 e. The standard InChI is InChI=1S/C23H28N2O3/c1-17-7-5-12-21(15-17)28-14-13-24-22(26)19-10-6-11-20(16-19)25-23(27)18-8-3-2-4-9-18/h5-7,10-12,15-16,18H,2-4,8-9,13-14H2,1H3,(H,24,26)(H,25,27). The van der Waals surface area contributed by atoms with Crippen LogP contribution in [0.4, 0.5) is 5.69 Å². The molecule has 1 aliphatic carbocycles. The third kappa shape index (κ3) is 5.84. The molecule has 1 fully saturated rings. The van der Waals surface area contributed by atoms with E-state index in [1.54, 1.807) is 18.2 Å². The molecule has 0 bridgehead atoms. The smallest absolute Gasteiger partial charge is 0.251 e. The average Bonchev–Trinajstić information content (AvgIpc) is 2.72. The zero-order valence-electron chi connectivity index (χ0n) is 16.4. The molecule has 0 atom stereocenters. The first-order valence-corrected chi connectivity index (χ1v) is 10.0. The van der Waals surface area contributed by atoms with Crippen LogP contribution in [0.15, 0.2) is 48.5 Å². The van der Waals surface area contributed by atoms with E-state index in [9.17, 15) is 9.59 Å². The first kappa shape index (κ1) is 19.9. The van der Waals surface area contributed by atoms with Gasteiger partial charge in [0, 0.05) is 17.2 Å². The average molecular weight is 380 g/mol. The molecular weight excluding hydrogens is 352 g/mol. The maximum atomic E-state index is 12.4. The van der Waals surface area contributed by atoms with E-state index in [2.05, 4.69) is 10.6 Å². The molecule has 0 heterocycles. The van der Waals surface area contributed by atoms with Crippen molar-refractivity contribution in [3.63, 3.8) is 0 Å². The maximum Gasteiger partial charge on any atom is 0.251 e. The normalized spacial score (nSPS) is 14.3. The SMILES string of the molecule is Cc1cccc(OCCNC(=O)c2cccc(NC(=O)C3CCCCC3)c2)c1. The molecule has 0 saturated heterocycles. The van der Waals surface area contributed by atoms with Crippen LogP contribution in [-0.4, -0.2) is 25.0 Å². The third-order valence-corrected chi connectivity index (χ3v) is 5.01. The van der Waals surface area contributed by atoms with Crippen LogP contribution in [0.5, 0.6) is 5.75 Å². The van der Waals surface area contributed by atoms with E-state index in [1.807, 2.05) is 37.3 Å². The zero-order valence-corrected chi connectivity index (χ0v) is 16.4. The topological polar surface area (TPSA) is 67.4 Å². The van der Waals surface area contributed by atoms with Gasteiger partial charge in [0.2, 0.25) is 5.91 Å². The Morgan fingerprint density at radius 2 is 1.82 bits per heavy atom. The molecular formula is C23H28N2O3. The molecule has 1 saturated carbocycles. The van der Waals surface area contributed by atoms with E-state index in [0.717, 1.165) is 37.0 Å². The van der Waals surface area contributed by atoms with Crippen molar-refractivity contribution in [3.8, 4) is 5.75 Å². The molecule has 2 aromatic rings. The summed E-state index contributed by atoms with van der Waals surface area (Å²) in [6.07, 6.45) is 5.35. The summed E-state index contributed by atoms with van der Waals surface area (Å²) in [5.41, 5.74) is 2.32. The third-order valence-electron chi connectivity index (χ3n) is 5.01. The fraction of sp³-hybridized carbons (Fsp3) is 0.391. The van der Waals surface area contributed by atoms with Gasteiger partial charge >= 0.3 is 0 Å². The molecule has 5 heteroatoms. The number of hydrogen-bond acceptors (Lipinski definition) is 3. The van der Waals surface area contributed by atoms with Gasteiger partial charge in [0.1, 0.15) is 12.4 Å². The Balaban J connectivity index is 1.47. The Morgan fingerprint density at radius 3 is 2.61 bits per heavy atom. The van der Waals surface area contributed by atoms with Crippen molar-refractivity contribution in [1.82, 2.24) is 5.32 Å². The lowest BCUT2D eigenvalue weighted by Crippen LogP contribution is -2.28. The van der Waals surface area contributed by atoms with Crippen LogP contribution in [0.2, 0.25) is 0 Å². The van der Waals surface area contributed by atoms with Crippen molar-refractivity contribution in [2.45, 2.75) is 39.0 Å². The minimum atomic E-state index is -0.179. The van der Waals surface area contributed by atoms with Gasteiger partial charge in [0.05, 0.1) is 6.54 Å². The molecule has 0 aliphatic heterocycles. The van der Waals surface area contributed by atoms with Gasteiger partial charge in [-0.2, -0.15) is 0 Å². The summed E-state index contributed by atoms with van der Waals surface area (Å²) < 4.78 is 5.64. The van der Waals surface area contributed by atoms with Gasteiger partial charge in [-0.3, -0.25) is 9.59 Å². The van der Waals surface area contributed by atoms with Gasteiger partial charge in [-0.1, -0.05) is 37.5 Å². The summed E-state index contributed by atoms with van der Waals surface area (Å²) in [4.78, 5) is 24.8. The Labute approximate surface area is 166 Å². The number of anilines is 1. The highest BCUT2D eigenvalue weighted by Crippen LogP contribution is 2.25. The minimum absolute atomic E-state index is 0.0591. The molecule has 5 nitrogen and oxygen atoms in total. The molecule has 2 amide bonds. The number of ether oxygens (including phenoxy) is 1. The number of hydrogen-bond donors (Lipinski definition) is 2. The Morgan fingerprint density at radius 1 is 1.04 bits per heavy atom. The fourth-order valence-electron chi connectivity index (χ4n) is 3.49. The van der Waals surface area contributed by atoms with Crippen LogP contribution in [0.3, 0.4) is 0 Å². The van der Waals surface area contributed by atoms with Crippen LogP contribution in [0.25, 0.3) is 0 Å². The summed E-state index contributed by atoms with van der Waals surface area (Å²) >= 11 is 0. The van der Waals surface area contributed by atoms with Crippen LogP contribution >= 0.6 is 0 Å². The summed E-state index contributed by atoms with van der Waals surface area (Å²) in [5, 5.41) is 5.81. The fourth-order valence-corrected chi connectivity index (χ4v) is 3.49. The van der Waals surface area contributed by atoms with Gasteiger partial charge < -0.3 is 15.4 Å². The molecule has 2 N–H and O–H groups in total. The van der Waals surface area contributed by atoms with E-state index in [0.29, 0.717) is 24.4 Å². The van der Waals surface area contributed by atoms with Crippen molar-refractivity contribution >= 4 is 17.5 Å². The molecule has 0 unspecified atom stereocenters. The molecule has 0 radical (unpaired) electrons. The molecule has 3 rings (SSSR count). The highest BCUT2D eigenvalue weighted by molar-refractivity contribution is 5.97. The second-order valence-electron chi connectivity index (χ2n) is 7.33. The van der Waals surface area contributed by atoms with E-state index in [-0.39, 0.29) is 17.7 Å². The van der Waals surface area contributed by atoms with Gasteiger partial charge in [-0.05, 0) is 55.7 Å². The number of benzene rings is 2. The molecule has 2 aromatic carbocycles. The summed E-state index contributed by atoms with van der Waals surface area (Å²) in [5.74, 6) is 0.761. The number of aryl methyl sites for hydroxylation is 1. The number of amides is 2. The number of carbonyl (C=O) groups is 2. The Bertz CT molecular complexity index is 813. The predicted molar refractivity (Wildman–Crippen MR) is 111 cm³/mol. The van der Waals surface area contributed by atoms with Crippen molar-refractivity contribution in [2.75, 3.05) is 18.5 Å². The molecule has 148 valence electrons. The Hall–Kier alpha value is -2.82. The van der Waals surface area contributed by atoms with E-state index in [1.165, 1.54) is 6.42 Å². The lowest BCUT2D eigenvalue weighted by atomic mass is 9.88. The highest BCUT2D eigenvalue weighted by atomic mass is 16.5. The number of nitrogens with one attached hydrogen (secondary N) is 2. The zero-order chi connectivity index (χ0) is 19.8.